The van der Waals surface area contributed by atoms with E-state index in [2.05, 4.69) is 29.2 Å². The molecule has 0 unspecified atom stereocenters. The number of benzene rings is 1. The summed E-state index contributed by atoms with van der Waals surface area (Å²) in [5, 5.41) is 0. The first kappa shape index (κ1) is 20.1. The molecule has 1 aliphatic heterocycles. The fourth-order valence-corrected chi connectivity index (χ4v) is 3.82. The number of piperidine rings is 1. The molecule has 1 aliphatic rings. The zero-order valence-corrected chi connectivity index (χ0v) is 16.8. The Morgan fingerprint density at radius 2 is 1.75 bits per heavy atom. The van der Waals surface area contributed by atoms with Crippen LogP contribution >= 0.6 is 0 Å². The van der Waals surface area contributed by atoms with Crippen LogP contribution in [-0.2, 0) is 6.42 Å². The number of carbonyl (C=O) groups excluding carboxylic acids is 2. The molecule has 28 heavy (non-hydrogen) atoms. The van der Waals surface area contributed by atoms with Gasteiger partial charge in [0.25, 0.3) is 11.8 Å². The summed E-state index contributed by atoms with van der Waals surface area (Å²) in [6.07, 6.45) is 4.65. The lowest BCUT2D eigenvalue weighted by atomic mass is 9.90. The molecule has 5 heteroatoms. The minimum atomic E-state index is -0.124. The minimum Gasteiger partial charge on any atom is -0.339 e. The molecule has 1 aromatic heterocycles. The van der Waals surface area contributed by atoms with Gasteiger partial charge in [-0.1, -0.05) is 30.3 Å². The van der Waals surface area contributed by atoms with Crippen molar-refractivity contribution in [3.8, 4) is 0 Å². The van der Waals surface area contributed by atoms with Crippen molar-refractivity contribution in [2.24, 2.45) is 5.92 Å². The molecule has 5 nitrogen and oxygen atoms in total. The number of nitrogens with zero attached hydrogens (tertiary/aromatic N) is 3. The van der Waals surface area contributed by atoms with Gasteiger partial charge in [-0.3, -0.25) is 14.6 Å². The van der Waals surface area contributed by atoms with Crippen LogP contribution in [0, 0.1) is 5.92 Å². The third kappa shape index (κ3) is 4.77. The van der Waals surface area contributed by atoms with Crippen LogP contribution in [0.4, 0.5) is 0 Å². The molecule has 2 aromatic rings. The maximum Gasteiger partial charge on any atom is 0.272 e. The summed E-state index contributed by atoms with van der Waals surface area (Å²) >= 11 is 0. The van der Waals surface area contributed by atoms with E-state index in [0.29, 0.717) is 30.3 Å². The first-order chi connectivity index (χ1) is 13.6. The van der Waals surface area contributed by atoms with Gasteiger partial charge in [0.05, 0.1) is 0 Å². The Balaban J connectivity index is 1.61. The third-order valence-electron chi connectivity index (χ3n) is 5.55. The Labute approximate surface area is 167 Å². The SMILES string of the molecule is CCN(CC)C(=O)c1cc(C(=O)N2CCC(Cc3ccccc3)CC2)ccn1. The van der Waals surface area contributed by atoms with Crippen LogP contribution in [0.5, 0.6) is 0 Å². The van der Waals surface area contributed by atoms with Crippen LogP contribution in [0.1, 0.15) is 53.1 Å². The molecule has 2 heterocycles. The van der Waals surface area contributed by atoms with Crippen LogP contribution in [-0.4, -0.2) is 52.8 Å². The topological polar surface area (TPSA) is 53.5 Å². The molecule has 0 bridgehead atoms. The first-order valence-electron chi connectivity index (χ1n) is 10.2. The van der Waals surface area contributed by atoms with Gasteiger partial charge in [-0.25, -0.2) is 0 Å². The van der Waals surface area contributed by atoms with Crippen LogP contribution < -0.4 is 0 Å². The highest BCUT2D eigenvalue weighted by Gasteiger charge is 2.25. The minimum absolute atomic E-state index is 0.00541. The Kier molecular flexibility index (Phi) is 6.80. The second-order valence-electron chi connectivity index (χ2n) is 7.33. The Bertz CT molecular complexity index is 795. The van der Waals surface area contributed by atoms with Gasteiger partial charge in [0, 0.05) is 37.9 Å². The molecule has 2 amide bonds. The number of pyridine rings is 1. The van der Waals surface area contributed by atoms with Gasteiger partial charge in [-0.15, -0.1) is 0 Å². The second kappa shape index (κ2) is 9.49. The zero-order chi connectivity index (χ0) is 19.9. The van der Waals surface area contributed by atoms with Gasteiger partial charge in [-0.2, -0.15) is 0 Å². The lowest BCUT2D eigenvalue weighted by Gasteiger charge is -2.32. The molecule has 3 rings (SSSR count). The van der Waals surface area contributed by atoms with Gasteiger partial charge in [0.2, 0.25) is 0 Å². The largest absolute Gasteiger partial charge is 0.339 e. The number of aromatic nitrogens is 1. The van der Waals surface area contributed by atoms with Crippen molar-refractivity contribution in [2.75, 3.05) is 26.2 Å². The van der Waals surface area contributed by atoms with Crippen LogP contribution in [0.25, 0.3) is 0 Å². The number of hydrogen-bond acceptors (Lipinski definition) is 3. The fourth-order valence-electron chi connectivity index (χ4n) is 3.82. The smallest absolute Gasteiger partial charge is 0.272 e. The standard InChI is InChI=1S/C23H29N3O2/c1-3-25(4-2)23(28)21-17-20(10-13-24-21)22(27)26-14-11-19(12-15-26)16-18-8-6-5-7-9-18/h5-10,13,17,19H,3-4,11-12,14-16H2,1-2H3. The maximum atomic E-state index is 12.9. The molecular formula is C23H29N3O2. The highest BCUT2D eigenvalue weighted by molar-refractivity contribution is 5.98. The molecular weight excluding hydrogens is 350 g/mol. The average molecular weight is 380 g/mol. The summed E-state index contributed by atoms with van der Waals surface area (Å²) in [6, 6.07) is 13.9. The van der Waals surface area contributed by atoms with E-state index in [1.165, 1.54) is 5.56 Å². The molecule has 0 radical (unpaired) electrons. The number of likely N-dealkylation sites (tertiary alicyclic amines) is 1. The van der Waals surface area contributed by atoms with E-state index in [-0.39, 0.29) is 11.8 Å². The molecule has 0 saturated carbocycles. The van der Waals surface area contributed by atoms with E-state index >= 15 is 0 Å². The normalized spacial score (nSPS) is 14.7. The summed E-state index contributed by atoms with van der Waals surface area (Å²) < 4.78 is 0. The Morgan fingerprint density at radius 3 is 2.39 bits per heavy atom. The van der Waals surface area contributed by atoms with E-state index in [1.807, 2.05) is 24.8 Å². The summed E-state index contributed by atoms with van der Waals surface area (Å²) in [5.41, 5.74) is 2.25. The van der Waals surface area contributed by atoms with Crippen LogP contribution in [0.15, 0.2) is 48.7 Å². The molecule has 1 aromatic carbocycles. The van der Waals surface area contributed by atoms with Crippen molar-refractivity contribution >= 4 is 11.8 Å². The van der Waals surface area contributed by atoms with Crippen LogP contribution in [0.2, 0.25) is 0 Å². The van der Waals surface area contributed by atoms with Gasteiger partial charge < -0.3 is 9.80 Å². The lowest BCUT2D eigenvalue weighted by Crippen LogP contribution is -2.39. The predicted molar refractivity (Wildman–Crippen MR) is 110 cm³/mol. The molecule has 1 saturated heterocycles. The first-order valence-corrected chi connectivity index (χ1v) is 10.2. The Morgan fingerprint density at radius 1 is 1.07 bits per heavy atom. The van der Waals surface area contributed by atoms with Crippen LogP contribution in [0.3, 0.4) is 0 Å². The molecule has 148 valence electrons. The van der Waals surface area contributed by atoms with Crippen molar-refractivity contribution in [1.29, 1.82) is 0 Å². The number of carbonyl (C=O) groups is 2. The second-order valence-corrected chi connectivity index (χ2v) is 7.33. The Hall–Kier alpha value is -2.69. The highest BCUT2D eigenvalue weighted by Crippen LogP contribution is 2.23. The summed E-state index contributed by atoms with van der Waals surface area (Å²) in [7, 11) is 0. The summed E-state index contributed by atoms with van der Waals surface area (Å²) in [6.45, 7) is 6.66. The van der Waals surface area contributed by atoms with Crippen molar-refractivity contribution in [1.82, 2.24) is 14.8 Å². The van der Waals surface area contributed by atoms with E-state index < -0.39 is 0 Å². The van der Waals surface area contributed by atoms with E-state index in [0.717, 1.165) is 32.4 Å². The number of hydrogen-bond donors (Lipinski definition) is 0. The van der Waals surface area contributed by atoms with E-state index in [1.54, 1.807) is 23.2 Å². The van der Waals surface area contributed by atoms with Gasteiger partial charge in [0.15, 0.2) is 0 Å². The molecule has 1 fully saturated rings. The molecule has 0 atom stereocenters. The number of amides is 2. The average Bonchev–Trinajstić information content (AvgIpc) is 2.75. The van der Waals surface area contributed by atoms with E-state index in [9.17, 15) is 9.59 Å². The van der Waals surface area contributed by atoms with Gasteiger partial charge in [-0.05, 0) is 56.7 Å². The summed E-state index contributed by atoms with van der Waals surface area (Å²) in [5.74, 6) is 0.485. The van der Waals surface area contributed by atoms with Crippen molar-refractivity contribution in [3.05, 3.63) is 65.5 Å². The molecule has 0 N–H and O–H groups in total. The van der Waals surface area contributed by atoms with Crippen molar-refractivity contribution < 1.29 is 9.59 Å². The van der Waals surface area contributed by atoms with Crippen molar-refractivity contribution in [2.45, 2.75) is 33.1 Å². The molecule has 0 aliphatic carbocycles. The quantitative estimate of drug-likeness (QED) is 0.770. The van der Waals surface area contributed by atoms with Crippen molar-refractivity contribution in [3.63, 3.8) is 0 Å². The maximum absolute atomic E-state index is 12.9. The van der Waals surface area contributed by atoms with Gasteiger partial charge >= 0.3 is 0 Å². The predicted octanol–water partition coefficient (Wildman–Crippen LogP) is 3.66. The fraction of sp³-hybridized carbons (Fsp3) is 0.435. The highest BCUT2D eigenvalue weighted by atomic mass is 16.2. The van der Waals surface area contributed by atoms with E-state index in [4.69, 9.17) is 0 Å². The third-order valence-corrected chi connectivity index (χ3v) is 5.55. The summed E-state index contributed by atoms with van der Waals surface area (Å²) in [4.78, 5) is 33.2. The monoisotopic (exact) mass is 379 g/mol. The van der Waals surface area contributed by atoms with Gasteiger partial charge in [0.1, 0.15) is 5.69 Å². The zero-order valence-electron chi connectivity index (χ0n) is 16.8. The molecule has 0 spiro atoms. The number of rotatable bonds is 6. The lowest BCUT2D eigenvalue weighted by molar-refractivity contribution is 0.0690.